The fraction of sp³-hybridized carbons (Fsp3) is 0.667. The van der Waals surface area contributed by atoms with Crippen molar-refractivity contribution in [1.82, 2.24) is 20.1 Å². The van der Waals surface area contributed by atoms with Gasteiger partial charge >= 0.3 is 0 Å². The van der Waals surface area contributed by atoms with Crippen molar-refractivity contribution >= 4 is 23.2 Å². The number of amides is 2. The quantitative estimate of drug-likeness (QED) is 0.676. The minimum atomic E-state index is 0.111. The van der Waals surface area contributed by atoms with Gasteiger partial charge in [0.2, 0.25) is 11.8 Å². The van der Waals surface area contributed by atoms with Crippen LogP contribution in [-0.2, 0) is 16.0 Å². The number of hydrogen-bond acceptors (Lipinski definition) is 5. The van der Waals surface area contributed by atoms with Gasteiger partial charge in [-0.1, -0.05) is 12.2 Å². The Bertz CT molecular complexity index is 709. The number of thiazole rings is 1. The van der Waals surface area contributed by atoms with Crippen LogP contribution in [0.2, 0.25) is 0 Å². The maximum Gasteiger partial charge on any atom is 0.223 e. The fourth-order valence-electron chi connectivity index (χ4n) is 4.09. The zero-order valence-corrected chi connectivity index (χ0v) is 18.0. The standard InChI is InChI=1S/C21H32N4O2S/c1-15-19(28-14-23-15)10-11-24(2)20(26)12-17-8-9-18(25(17)3)13-22-21(27)16-6-4-5-7-16/h4-5,14,16-18H,6-13H2,1-3H3,(H,22,27)/t17-,18+/m1/s1. The zero-order chi connectivity index (χ0) is 20.1. The van der Waals surface area contributed by atoms with E-state index in [1.54, 1.807) is 11.3 Å². The Balaban J connectivity index is 1.40. The molecule has 1 fully saturated rings. The van der Waals surface area contributed by atoms with E-state index in [0.717, 1.165) is 44.3 Å². The number of likely N-dealkylation sites (N-methyl/N-ethyl adjacent to an activating group) is 2. The van der Waals surface area contributed by atoms with Crippen molar-refractivity contribution in [2.24, 2.45) is 5.92 Å². The molecule has 2 amide bonds. The number of rotatable bonds is 8. The number of aromatic nitrogens is 1. The van der Waals surface area contributed by atoms with E-state index < -0.39 is 0 Å². The lowest BCUT2D eigenvalue weighted by molar-refractivity contribution is -0.131. The first-order valence-electron chi connectivity index (χ1n) is 10.2. The number of carbonyl (C=O) groups excluding carboxylic acids is 2. The summed E-state index contributed by atoms with van der Waals surface area (Å²) in [5.41, 5.74) is 2.93. The first kappa shape index (κ1) is 21.0. The van der Waals surface area contributed by atoms with Crippen molar-refractivity contribution in [3.05, 3.63) is 28.2 Å². The summed E-state index contributed by atoms with van der Waals surface area (Å²) < 4.78 is 0. The molecule has 0 aromatic carbocycles. The predicted molar refractivity (Wildman–Crippen MR) is 112 cm³/mol. The Morgan fingerprint density at radius 3 is 2.68 bits per heavy atom. The second kappa shape index (κ2) is 9.65. The van der Waals surface area contributed by atoms with Gasteiger partial charge in [-0.2, -0.15) is 0 Å². The van der Waals surface area contributed by atoms with Crippen LogP contribution in [0.4, 0.5) is 0 Å². The predicted octanol–water partition coefficient (Wildman–Crippen LogP) is 2.39. The number of hydrogen-bond donors (Lipinski definition) is 1. The van der Waals surface area contributed by atoms with E-state index in [1.165, 1.54) is 4.88 Å². The highest BCUT2D eigenvalue weighted by Gasteiger charge is 2.33. The summed E-state index contributed by atoms with van der Waals surface area (Å²) in [6.45, 7) is 3.42. The Kier molecular flexibility index (Phi) is 7.24. The van der Waals surface area contributed by atoms with Crippen molar-refractivity contribution < 1.29 is 9.59 Å². The van der Waals surface area contributed by atoms with Crippen molar-refractivity contribution in [2.75, 3.05) is 27.2 Å². The minimum Gasteiger partial charge on any atom is -0.354 e. The maximum absolute atomic E-state index is 12.6. The molecule has 0 bridgehead atoms. The second-order valence-corrected chi connectivity index (χ2v) is 9.01. The molecule has 7 heteroatoms. The Hall–Kier alpha value is -1.73. The molecule has 3 rings (SSSR count). The molecule has 1 N–H and O–H groups in total. The summed E-state index contributed by atoms with van der Waals surface area (Å²) >= 11 is 1.66. The maximum atomic E-state index is 12.6. The third-order valence-corrected chi connectivity index (χ3v) is 7.23. The van der Waals surface area contributed by atoms with Gasteiger partial charge in [0.1, 0.15) is 0 Å². The summed E-state index contributed by atoms with van der Waals surface area (Å²) in [4.78, 5) is 34.5. The molecule has 0 radical (unpaired) electrons. The second-order valence-electron chi connectivity index (χ2n) is 8.07. The molecular formula is C21H32N4O2S. The SMILES string of the molecule is Cc1ncsc1CCN(C)C(=O)C[C@H]1CC[C@@H](CNC(=O)C2CC=CC2)N1C. The molecule has 2 heterocycles. The summed E-state index contributed by atoms with van der Waals surface area (Å²) in [5.74, 6) is 0.469. The van der Waals surface area contributed by atoms with Gasteiger partial charge in [-0.3, -0.25) is 14.5 Å². The van der Waals surface area contributed by atoms with E-state index in [1.807, 2.05) is 24.4 Å². The van der Waals surface area contributed by atoms with Crippen molar-refractivity contribution in [3.63, 3.8) is 0 Å². The van der Waals surface area contributed by atoms with Gasteiger partial charge in [-0.25, -0.2) is 4.98 Å². The van der Waals surface area contributed by atoms with Crippen molar-refractivity contribution in [3.8, 4) is 0 Å². The van der Waals surface area contributed by atoms with E-state index in [4.69, 9.17) is 0 Å². The molecule has 1 saturated heterocycles. The Morgan fingerprint density at radius 2 is 2.00 bits per heavy atom. The topological polar surface area (TPSA) is 65.5 Å². The molecule has 1 aliphatic carbocycles. The van der Waals surface area contributed by atoms with Gasteiger partial charge < -0.3 is 10.2 Å². The number of nitrogens with zero attached hydrogens (tertiary/aromatic N) is 3. The van der Waals surface area contributed by atoms with Crippen LogP contribution in [-0.4, -0.2) is 65.9 Å². The largest absolute Gasteiger partial charge is 0.354 e. The van der Waals surface area contributed by atoms with Crippen LogP contribution < -0.4 is 5.32 Å². The third-order valence-electron chi connectivity index (χ3n) is 6.23. The van der Waals surface area contributed by atoms with Gasteiger partial charge in [-0.05, 0) is 39.7 Å². The van der Waals surface area contributed by atoms with E-state index in [2.05, 4.69) is 34.4 Å². The number of carbonyl (C=O) groups is 2. The lowest BCUT2D eigenvalue weighted by Gasteiger charge is -2.27. The van der Waals surface area contributed by atoms with Crippen LogP contribution in [0.3, 0.4) is 0 Å². The molecule has 6 nitrogen and oxygen atoms in total. The summed E-state index contributed by atoms with van der Waals surface area (Å²) in [6.07, 6.45) is 9.33. The van der Waals surface area contributed by atoms with Crippen LogP contribution in [0, 0.1) is 12.8 Å². The van der Waals surface area contributed by atoms with Crippen molar-refractivity contribution in [2.45, 2.75) is 57.5 Å². The minimum absolute atomic E-state index is 0.111. The van der Waals surface area contributed by atoms with Crippen molar-refractivity contribution in [1.29, 1.82) is 0 Å². The first-order chi connectivity index (χ1) is 13.5. The average molecular weight is 405 g/mol. The third kappa shape index (κ3) is 5.20. The molecule has 2 atom stereocenters. The van der Waals surface area contributed by atoms with Crippen LogP contribution in [0.5, 0.6) is 0 Å². The molecule has 1 aromatic heterocycles. The van der Waals surface area contributed by atoms with Gasteiger partial charge in [0.05, 0.1) is 11.2 Å². The average Bonchev–Trinajstić information content (AvgIpc) is 3.41. The van der Waals surface area contributed by atoms with Gasteiger partial charge in [0.25, 0.3) is 0 Å². The highest BCUT2D eigenvalue weighted by molar-refractivity contribution is 7.09. The van der Waals surface area contributed by atoms with E-state index in [-0.39, 0.29) is 23.8 Å². The van der Waals surface area contributed by atoms with Crippen LogP contribution >= 0.6 is 11.3 Å². The summed E-state index contributed by atoms with van der Waals surface area (Å²) in [5, 5.41) is 3.11. The fourth-order valence-corrected chi connectivity index (χ4v) is 4.86. The monoisotopic (exact) mass is 404 g/mol. The van der Waals surface area contributed by atoms with Gasteiger partial charge in [0, 0.05) is 55.9 Å². The van der Waals surface area contributed by atoms with E-state index >= 15 is 0 Å². The lowest BCUT2D eigenvalue weighted by atomic mass is 10.1. The molecule has 1 aliphatic heterocycles. The molecule has 28 heavy (non-hydrogen) atoms. The van der Waals surface area contributed by atoms with Crippen LogP contribution in [0.1, 0.15) is 42.7 Å². The first-order valence-corrected chi connectivity index (χ1v) is 11.1. The van der Waals surface area contributed by atoms with Gasteiger partial charge in [-0.15, -0.1) is 11.3 Å². The molecule has 0 saturated carbocycles. The number of nitrogens with one attached hydrogen (secondary N) is 1. The normalized spacial score (nSPS) is 22.7. The Morgan fingerprint density at radius 1 is 1.29 bits per heavy atom. The molecule has 1 aromatic rings. The van der Waals surface area contributed by atoms with Crippen LogP contribution in [0.25, 0.3) is 0 Å². The molecule has 154 valence electrons. The number of allylic oxidation sites excluding steroid dienone is 2. The summed E-state index contributed by atoms with van der Waals surface area (Å²) in [6, 6.07) is 0.580. The molecular weight excluding hydrogens is 372 g/mol. The Labute approximate surface area is 172 Å². The van der Waals surface area contributed by atoms with E-state index in [0.29, 0.717) is 19.0 Å². The summed E-state index contributed by atoms with van der Waals surface area (Å²) in [7, 11) is 3.97. The molecule has 0 spiro atoms. The van der Waals surface area contributed by atoms with Crippen LogP contribution in [0.15, 0.2) is 17.7 Å². The smallest absolute Gasteiger partial charge is 0.223 e. The number of likely N-dealkylation sites (tertiary alicyclic amines) is 1. The molecule has 0 unspecified atom stereocenters. The lowest BCUT2D eigenvalue weighted by Crippen LogP contribution is -2.43. The van der Waals surface area contributed by atoms with Gasteiger partial charge in [0.15, 0.2) is 0 Å². The highest BCUT2D eigenvalue weighted by atomic mass is 32.1. The van der Waals surface area contributed by atoms with E-state index in [9.17, 15) is 9.59 Å². The molecule has 2 aliphatic rings. The highest BCUT2D eigenvalue weighted by Crippen LogP contribution is 2.25. The number of aryl methyl sites for hydroxylation is 1. The zero-order valence-electron chi connectivity index (χ0n) is 17.2.